The van der Waals surface area contributed by atoms with Crippen LogP contribution in [0, 0.1) is 0 Å². The number of ether oxygens (including phenoxy) is 1. The Balaban J connectivity index is 2.18. The van der Waals surface area contributed by atoms with Crippen LogP contribution in [0.2, 0.25) is 0 Å². The second kappa shape index (κ2) is 4.33. The van der Waals surface area contributed by atoms with Gasteiger partial charge < -0.3 is 15.0 Å². The van der Waals surface area contributed by atoms with E-state index in [2.05, 4.69) is 21.5 Å². The van der Waals surface area contributed by atoms with E-state index in [-0.39, 0.29) is 0 Å². The first-order valence-corrected chi connectivity index (χ1v) is 6.42. The monoisotopic (exact) mass is 246 g/mol. The van der Waals surface area contributed by atoms with Gasteiger partial charge in [-0.2, -0.15) is 0 Å². The predicted octanol–water partition coefficient (Wildman–Crippen LogP) is 1.42. The number of hydrogen-bond acceptors (Lipinski definition) is 4. The van der Waals surface area contributed by atoms with Gasteiger partial charge in [0, 0.05) is 19.3 Å². The van der Waals surface area contributed by atoms with Gasteiger partial charge in [-0.25, -0.2) is 4.98 Å². The number of nitrogens with zero attached hydrogens (tertiary/aromatic N) is 3. The summed E-state index contributed by atoms with van der Waals surface area (Å²) in [4.78, 5) is 8.81. The molecule has 2 N–H and O–H groups in total. The molecule has 0 spiro atoms. The Hall–Kier alpha value is -1.46. The minimum atomic E-state index is -0.450. The van der Waals surface area contributed by atoms with Crippen molar-refractivity contribution in [2.45, 2.75) is 31.8 Å². The van der Waals surface area contributed by atoms with Crippen LogP contribution in [0.4, 0.5) is 0 Å². The molecule has 1 saturated heterocycles. The van der Waals surface area contributed by atoms with Crippen molar-refractivity contribution in [3.05, 3.63) is 24.3 Å². The van der Waals surface area contributed by atoms with E-state index in [1.54, 1.807) is 12.4 Å². The summed E-state index contributed by atoms with van der Waals surface area (Å²) in [5, 5.41) is 0. The lowest BCUT2D eigenvalue weighted by atomic mass is 9.99. The molecular weight excluding hydrogens is 228 g/mol. The summed E-state index contributed by atoms with van der Waals surface area (Å²) in [6.45, 7) is 4.34. The molecule has 0 aliphatic carbocycles. The maximum Gasteiger partial charge on any atom is 0.132 e. The van der Waals surface area contributed by atoms with Crippen LogP contribution in [0.5, 0.6) is 0 Å². The SMILES string of the molecule is CCCn1c(C2(N)CCOC2)nc2cnccc21. The van der Waals surface area contributed by atoms with Crippen LogP contribution < -0.4 is 5.73 Å². The lowest BCUT2D eigenvalue weighted by Crippen LogP contribution is -2.40. The number of aromatic nitrogens is 3. The van der Waals surface area contributed by atoms with E-state index in [9.17, 15) is 0 Å². The van der Waals surface area contributed by atoms with Gasteiger partial charge in [-0.05, 0) is 18.9 Å². The maximum absolute atomic E-state index is 6.45. The van der Waals surface area contributed by atoms with Gasteiger partial charge in [0.1, 0.15) is 16.9 Å². The van der Waals surface area contributed by atoms with Crippen LogP contribution in [0.3, 0.4) is 0 Å². The maximum atomic E-state index is 6.45. The summed E-state index contributed by atoms with van der Waals surface area (Å²) >= 11 is 0. The molecule has 18 heavy (non-hydrogen) atoms. The molecule has 0 saturated carbocycles. The third-order valence-electron chi connectivity index (χ3n) is 3.50. The molecule has 5 heteroatoms. The summed E-state index contributed by atoms with van der Waals surface area (Å²) in [5.41, 5.74) is 8.02. The van der Waals surface area contributed by atoms with Gasteiger partial charge in [-0.3, -0.25) is 4.98 Å². The van der Waals surface area contributed by atoms with Crippen LogP contribution >= 0.6 is 0 Å². The normalized spacial score (nSPS) is 23.9. The smallest absolute Gasteiger partial charge is 0.132 e. The molecule has 1 aliphatic rings. The van der Waals surface area contributed by atoms with Gasteiger partial charge in [0.05, 0.1) is 18.3 Å². The molecule has 0 amide bonds. The van der Waals surface area contributed by atoms with Gasteiger partial charge >= 0.3 is 0 Å². The van der Waals surface area contributed by atoms with E-state index < -0.39 is 5.54 Å². The van der Waals surface area contributed by atoms with E-state index in [0.717, 1.165) is 36.2 Å². The summed E-state index contributed by atoms with van der Waals surface area (Å²) in [5.74, 6) is 0.935. The van der Waals surface area contributed by atoms with Gasteiger partial charge in [0.25, 0.3) is 0 Å². The van der Waals surface area contributed by atoms with Crippen LogP contribution in [-0.4, -0.2) is 27.7 Å². The third kappa shape index (κ3) is 1.71. The zero-order valence-corrected chi connectivity index (χ0v) is 10.6. The zero-order valence-electron chi connectivity index (χ0n) is 10.6. The minimum Gasteiger partial charge on any atom is -0.379 e. The summed E-state index contributed by atoms with van der Waals surface area (Å²) in [6.07, 6.45) is 5.48. The fourth-order valence-corrected chi connectivity index (χ4v) is 2.57. The van der Waals surface area contributed by atoms with Gasteiger partial charge in [0.15, 0.2) is 0 Å². The summed E-state index contributed by atoms with van der Waals surface area (Å²) in [7, 11) is 0. The molecule has 1 aliphatic heterocycles. The largest absolute Gasteiger partial charge is 0.379 e. The van der Waals surface area contributed by atoms with Crippen molar-refractivity contribution in [3.8, 4) is 0 Å². The number of hydrogen-bond donors (Lipinski definition) is 1. The molecule has 2 aromatic rings. The van der Waals surface area contributed by atoms with Crippen molar-refractivity contribution in [2.75, 3.05) is 13.2 Å². The predicted molar refractivity (Wildman–Crippen MR) is 69.1 cm³/mol. The minimum absolute atomic E-state index is 0.450. The van der Waals surface area contributed by atoms with E-state index >= 15 is 0 Å². The highest BCUT2D eigenvalue weighted by molar-refractivity contribution is 5.75. The van der Waals surface area contributed by atoms with Crippen molar-refractivity contribution in [1.29, 1.82) is 0 Å². The Morgan fingerprint density at radius 1 is 1.56 bits per heavy atom. The van der Waals surface area contributed by atoms with Crippen molar-refractivity contribution >= 4 is 11.0 Å². The van der Waals surface area contributed by atoms with Crippen molar-refractivity contribution < 1.29 is 4.74 Å². The molecule has 96 valence electrons. The van der Waals surface area contributed by atoms with Crippen LogP contribution in [0.15, 0.2) is 18.5 Å². The molecular formula is C13H18N4O. The Morgan fingerprint density at radius 2 is 2.44 bits per heavy atom. The summed E-state index contributed by atoms with van der Waals surface area (Å²) < 4.78 is 7.66. The topological polar surface area (TPSA) is 66.0 Å². The number of fused-ring (bicyclic) bond motifs is 1. The Bertz CT molecular complexity index is 557. The molecule has 3 rings (SSSR count). The quantitative estimate of drug-likeness (QED) is 0.889. The Kier molecular flexibility index (Phi) is 2.80. The highest BCUT2D eigenvalue weighted by atomic mass is 16.5. The lowest BCUT2D eigenvalue weighted by molar-refractivity contribution is 0.175. The van der Waals surface area contributed by atoms with Crippen molar-refractivity contribution in [3.63, 3.8) is 0 Å². The molecule has 3 heterocycles. The number of aryl methyl sites for hydroxylation is 1. The average molecular weight is 246 g/mol. The molecule has 0 bridgehead atoms. The molecule has 5 nitrogen and oxygen atoms in total. The molecule has 1 atom stereocenters. The second-order valence-electron chi connectivity index (χ2n) is 4.91. The van der Waals surface area contributed by atoms with E-state index in [1.165, 1.54) is 0 Å². The second-order valence-corrected chi connectivity index (χ2v) is 4.91. The van der Waals surface area contributed by atoms with Crippen LogP contribution in [0.25, 0.3) is 11.0 Å². The fourth-order valence-electron chi connectivity index (χ4n) is 2.57. The highest BCUT2D eigenvalue weighted by Gasteiger charge is 2.37. The van der Waals surface area contributed by atoms with Crippen LogP contribution in [-0.2, 0) is 16.8 Å². The molecule has 1 fully saturated rings. The first kappa shape index (κ1) is 11.6. The van der Waals surface area contributed by atoms with Gasteiger partial charge in [-0.1, -0.05) is 6.92 Å². The average Bonchev–Trinajstić information content (AvgIpc) is 2.96. The van der Waals surface area contributed by atoms with Crippen molar-refractivity contribution in [1.82, 2.24) is 14.5 Å². The standard InChI is InChI=1S/C13H18N4O/c1-2-6-17-11-3-5-15-8-10(11)16-12(17)13(14)4-7-18-9-13/h3,5,8H,2,4,6-7,9,14H2,1H3. The molecule has 2 aromatic heterocycles. The van der Waals surface area contributed by atoms with Crippen LogP contribution in [0.1, 0.15) is 25.6 Å². The Morgan fingerprint density at radius 3 is 3.17 bits per heavy atom. The third-order valence-corrected chi connectivity index (χ3v) is 3.50. The van der Waals surface area contributed by atoms with Gasteiger partial charge in [-0.15, -0.1) is 0 Å². The lowest BCUT2D eigenvalue weighted by Gasteiger charge is -2.22. The molecule has 0 radical (unpaired) electrons. The van der Waals surface area contributed by atoms with Gasteiger partial charge in [0.2, 0.25) is 0 Å². The highest BCUT2D eigenvalue weighted by Crippen LogP contribution is 2.29. The van der Waals surface area contributed by atoms with E-state index in [4.69, 9.17) is 10.5 Å². The zero-order chi connectivity index (χ0) is 12.6. The summed E-state index contributed by atoms with van der Waals surface area (Å²) in [6, 6.07) is 2.00. The Labute approximate surface area is 106 Å². The van der Waals surface area contributed by atoms with E-state index in [1.807, 2.05) is 6.07 Å². The number of rotatable bonds is 3. The molecule has 1 unspecified atom stereocenters. The number of pyridine rings is 1. The van der Waals surface area contributed by atoms with E-state index in [0.29, 0.717) is 13.2 Å². The first-order chi connectivity index (χ1) is 8.74. The number of nitrogens with two attached hydrogens (primary N) is 1. The number of imidazole rings is 1. The fraction of sp³-hybridized carbons (Fsp3) is 0.538. The van der Waals surface area contributed by atoms with Crippen molar-refractivity contribution in [2.24, 2.45) is 5.73 Å². The molecule has 0 aromatic carbocycles. The first-order valence-electron chi connectivity index (χ1n) is 6.42.